The molecule has 0 aliphatic rings. The van der Waals surface area contributed by atoms with Gasteiger partial charge in [-0.2, -0.15) is 0 Å². The Morgan fingerprint density at radius 3 is 2.41 bits per heavy atom. The van der Waals surface area contributed by atoms with Crippen molar-refractivity contribution in [2.75, 3.05) is 13.7 Å². The second-order valence-corrected chi connectivity index (χ2v) is 6.79. The highest BCUT2D eigenvalue weighted by Gasteiger charge is 2.27. The molecule has 0 aliphatic heterocycles. The van der Waals surface area contributed by atoms with Crippen LogP contribution >= 0.6 is 12.4 Å². The Balaban J connectivity index is 0.00000441. The number of halogens is 2. The first-order valence-electron chi connectivity index (χ1n) is 5.78. The van der Waals surface area contributed by atoms with Crippen LogP contribution in [0.1, 0.15) is 13.8 Å². The summed E-state index contributed by atoms with van der Waals surface area (Å²) in [5, 5.41) is 10.9. The molecule has 8 nitrogen and oxygen atoms in total. The molecule has 0 aliphatic carbocycles. The topological polar surface area (TPSA) is 125 Å². The molecular weight excluding hydrogens is 341 g/mol. The highest BCUT2D eigenvalue weighted by atomic mass is 35.5. The number of nitrogens with one attached hydrogen (secondary N) is 1. The van der Waals surface area contributed by atoms with Crippen molar-refractivity contribution in [2.24, 2.45) is 5.73 Å². The maximum atomic E-state index is 13.7. The molecule has 0 atom stereocenters. The van der Waals surface area contributed by atoms with Gasteiger partial charge in [0, 0.05) is 18.2 Å². The fraction of sp³-hybridized carbons (Fsp3) is 0.455. The minimum Gasteiger partial charge on any atom is -0.488 e. The van der Waals surface area contributed by atoms with Crippen LogP contribution in [0, 0.1) is 15.9 Å². The van der Waals surface area contributed by atoms with E-state index in [4.69, 9.17) is 5.73 Å². The summed E-state index contributed by atoms with van der Waals surface area (Å²) in [5.74, 6) is -1.77. The van der Waals surface area contributed by atoms with Gasteiger partial charge >= 0.3 is 5.69 Å². The van der Waals surface area contributed by atoms with Crippen molar-refractivity contribution in [3.63, 3.8) is 0 Å². The van der Waals surface area contributed by atoms with E-state index in [-0.39, 0.29) is 19.0 Å². The lowest BCUT2D eigenvalue weighted by molar-refractivity contribution is -0.386. The number of nitrogens with two attached hydrogens (primary N) is 1. The van der Waals surface area contributed by atoms with Gasteiger partial charge in [0.1, 0.15) is 0 Å². The number of hydrogen-bond acceptors (Lipinski definition) is 6. The molecule has 1 rings (SSSR count). The van der Waals surface area contributed by atoms with Gasteiger partial charge in [0.2, 0.25) is 15.8 Å². The van der Waals surface area contributed by atoms with Gasteiger partial charge in [-0.15, -0.1) is 12.4 Å². The summed E-state index contributed by atoms with van der Waals surface area (Å²) in [6, 6.07) is 1.38. The third-order valence-corrected chi connectivity index (χ3v) is 3.81. The van der Waals surface area contributed by atoms with Gasteiger partial charge in [-0.25, -0.2) is 17.5 Å². The highest BCUT2D eigenvalue weighted by molar-refractivity contribution is 7.89. The first kappa shape index (κ1) is 20.5. The molecule has 11 heteroatoms. The average molecular weight is 358 g/mol. The number of nitro benzene ring substituents is 1. The maximum absolute atomic E-state index is 13.7. The fourth-order valence-electron chi connectivity index (χ4n) is 1.41. The van der Waals surface area contributed by atoms with Gasteiger partial charge in [0.05, 0.1) is 16.9 Å². The molecule has 0 radical (unpaired) electrons. The predicted molar refractivity (Wildman–Crippen MR) is 80.3 cm³/mol. The van der Waals surface area contributed by atoms with Gasteiger partial charge in [-0.05, 0) is 19.9 Å². The molecule has 0 bridgehead atoms. The first-order valence-corrected chi connectivity index (χ1v) is 7.27. The van der Waals surface area contributed by atoms with E-state index in [2.05, 4.69) is 9.46 Å². The molecule has 126 valence electrons. The maximum Gasteiger partial charge on any atom is 0.315 e. The van der Waals surface area contributed by atoms with Gasteiger partial charge in [-0.3, -0.25) is 10.1 Å². The minimum absolute atomic E-state index is 0. The van der Waals surface area contributed by atoms with E-state index in [9.17, 15) is 22.9 Å². The Bertz CT molecular complexity index is 660. The smallest absolute Gasteiger partial charge is 0.315 e. The molecule has 0 saturated heterocycles. The van der Waals surface area contributed by atoms with Crippen molar-refractivity contribution in [3.8, 4) is 5.75 Å². The molecule has 0 heterocycles. The third-order valence-electron chi connectivity index (χ3n) is 2.43. The van der Waals surface area contributed by atoms with Crippen LogP contribution in [0.4, 0.5) is 10.1 Å². The van der Waals surface area contributed by atoms with Crippen molar-refractivity contribution in [1.82, 2.24) is 4.72 Å². The van der Waals surface area contributed by atoms with Crippen LogP contribution in [0.5, 0.6) is 5.75 Å². The Morgan fingerprint density at radius 1 is 1.45 bits per heavy atom. The van der Waals surface area contributed by atoms with Crippen LogP contribution in [0.3, 0.4) is 0 Å². The monoisotopic (exact) mass is 357 g/mol. The zero-order chi connectivity index (χ0) is 16.4. The number of rotatable bonds is 6. The Morgan fingerprint density at radius 2 is 2.00 bits per heavy atom. The predicted octanol–water partition coefficient (Wildman–Crippen LogP) is 1.18. The van der Waals surface area contributed by atoms with Crippen LogP contribution in [0.15, 0.2) is 17.0 Å². The van der Waals surface area contributed by atoms with Gasteiger partial charge in [-0.1, -0.05) is 0 Å². The summed E-state index contributed by atoms with van der Waals surface area (Å²) < 4.78 is 44.5. The molecule has 0 unspecified atom stereocenters. The van der Waals surface area contributed by atoms with Crippen LogP contribution < -0.4 is 15.2 Å². The molecule has 0 aromatic heterocycles. The third kappa shape index (κ3) is 5.05. The van der Waals surface area contributed by atoms with Crippen molar-refractivity contribution in [1.29, 1.82) is 0 Å². The quantitative estimate of drug-likeness (QED) is 0.581. The van der Waals surface area contributed by atoms with Crippen molar-refractivity contribution in [2.45, 2.75) is 24.3 Å². The van der Waals surface area contributed by atoms with E-state index in [1.54, 1.807) is 13.8 Å². The lowest BCUT2D eigenvalue weighted by atomic mass is 10.1. The second-order valence-electron chi connectivity index (χ2n) is 5.03. The Hall–Kier alpha value is -1.49. The molecule has 22 heavy (non-hydrogen) atoms. The largest absolute Gasteiger partial charge is 0.488 e. The summed E-state index contributed by atoms with van der Waals surface area (Å²) in [5.41, 5.74) is 4.04. The SMILES string of the molecule is COc1c(F)cc(S(=O)(=O)NCC(C)(C)N)cc1[N+](=O)[O-].Cl. The molecule has 0 fully saturated rings. The number of benzene rings is 1. The van der Waals surface area contributed by atoms with Crippen LogP contribution in [0.25, 0.3) is 0 Å². The van der Waals surface area contributed by atoms with Crippen LogP contribution in [-0.4, -0.2) is 32.5 Å². The van der Waals surface area contributed by atoms with Gasteiger partial charge in [0.25, 0.3) is 0 Å². The van der Waals surface area contributed by atoms with Crippen LogP contribution in [-0.2, 0) is 10.0 Å². The second kappa shape index (κ2) is 7.18. The summed E-state index contributed by atoms with van der Waals surface area (Å²) >= 11 is 0. The molecule has 3 N–H and O–H groups in total. The fourth-order valence-corrected chi connectivity index (χ4v) is 2.67. The summed E-state index contributed by atoms with van der Waals surface area (Å²) in [6.07, 6.45) is 0. The van der Waals surface area contributed by atoms with Crippen LogP contribution in [0.2, 0.25) is 0 Å². The summed E-state index contributed by atoms with van der Waals surface area (Å²) in [6.45, 7) is 3.07. The van der Waals surface area contributed by atoms with E-state index in [0.29, 0.717) is 6.07 Å². The van der Waals surface area contributed by atoms with E-state index >= 15 is 0 Å². The molecule has 0 saturated carbocycles. The van der Waals surface area contributed by atoms with Crippen molar-refractivity contribution in [3.05, 3.63) is 28.1 Å². The minimum atomic E-state index is -4.13. The zero-order valence-electron chi connectivity index (χ0n) is 12.1. The van der Waals surface area contributed by atoms with E-state index in [0.717, 1.165) is 13.2 Å². The van der Waals surface area contributed by atoms with Gasteiger partial charge < -0.3 is 10.5 Å². The molecule has 0 amide bonds. The van der Waals surface area contributed by atoms with Crippen molar-refractivity contribution >= 4 is 28.1 Å². The summed E-state index contributed by atoms with van der Waals surface area (Å²) in [4.78, 5) is 9.36. The average Bonchev–Trinajstić information content (AvgIpc) is 2.34. The zero-order valence-corrected chi connectivity index (χ0v) is 13.8. The Kier molecular flexibility index (Phi) is 6.69. The van der Waals surface area contributed by atoms with E-state index in [1.807, 2.05) is 0 Å². The van der Waals surface area contributed by atoms with E-state index < -0.39 is 42.6 Å². The highest BCUT2D eigenvalue weighted by Crippen LogP contribution is 2.32. The molecular formula is C11H17ClFN3O5S. The summed E-state index contributed by atoms with van der Waals surface area (Å²) in [7, 11) is -3.08. The number of ether oxygens (including phenoxy) is 1. The van der Waals surface area contributed by atoms with Crippen molar-refractivity contribution < 1.29 is 22.5 Å². The number of nitrogens with zero attached hydrogens (tertiary/aromatic N) is 1. The normalized spacial score (nSPS) is 11.7. The Labute approximate surface area is 133 Å². The lowest BCUT2D eigenvalue weighted by Gasteiger charge is -2.19. The lowest BCUT2D eigenvalue weighted by Crippen LogP contribution is -2.45. The molecule has 0 spiro atoms. The molecule has 1 aromatic rings. The molecule has 1 aromatic carbocycles. The first-order chi connectivity index (χ1) is 9.48. The van der Waals surface area contributed by atoms with Gasteiger partial charge in [0.15, 0.2) is 5.82 Å². The number of sulfonamides is 1. The number of methoxy groups -OCH3 is 1. The number of nitro groups is 1. The van der Waals surface area contributed by atoms with E-state index in [1.165, 1.54) is 0 Å². The number of hydrogen-bond donors (Lipinski definition) is 2. The standard InChI is InChI=1S/C11H16FN3O5S.ClH/c1-11(2,13)6-14-21(18,19)7-4-8(12)10(20-3)9(5-7)15(16)17;/h4-5,14H,6,13H2,1-3H3;1H.